The number of carbonyl (C=O) groups is 8. The summed E-state index contributed by atoms with van der Waals surface area (Å²) in [6, 6.07) is 9.27. The number of allylic oxidation sites excluding steroid dienone is 1. The van der Waals surface area contributed by atoms with Gasteiger partial charge in [0.25, 0.3) is 17.7 Å². The molecular weight excluding hydrogens is 843 g/mol. The molecule has 2 aromatic carbocycles. The summed E-state index contributed by atoms with van der Waals surface area (Å²) in [7, 11) is 2.60. The van der Waals surface area contributed by atoms with Crippen molar-refractivity contribution in [2.75, 3.05) is 20.8 Å². The number of nitrogens with zero attached hydrogens (tertiary/aromatic N) is 2. The maximum absolute atomic E-state index is 14.9. The molecule has 0 radical (unpaired) electrons. The van der Waals surface area contributed by atoms with Gasteiger partial charge in [0.1, 0.15) is 54.3 Å². The smallest absolute Gasteiger partial charge is 0.329 e. The van der Waals surface area contributed by atoms with Crippen molar-refractivity contribution in [3.05, 3.63) is 83.6 Å². The Morgan fingerprint density at radius 2 is 1.45 bits per heavy atom. The zero-order valence-corrected chi connectivity index (χ0v) is 38.1. The van der Waals surface area contributed by atoms with E-state index in [2.05, 4.69) is 26.6 Å². The maximum atomic E-state index is 14.9. The molecule has 2 aromatic rings. The molecule has 2 aliphatic rings. The third kappa shape index (κ3) is 13.2. The van der Waals surface area contributed by atoms with E-state index >= 15 is 0 Å². The van der Waals surface area contributed by atoms with E-state index in [4.69, 9.17) is 9.47 Å². The Hall–Kier alpha value is -6.18. The fraction of sp³-hybridized carbons (Fsp3) is 0.522. The number of amides is 7. The molecular formula is C46H63N7O12. The van der Waals surface area contributed by atoms with Crippen molar-refractivity contribution in [3.8, 4) is 0 Å². The highest BCUT2D eigenvalue weighted by atomic mass is 16.5. The number of benzene rings is 2. The van der Waals surface area contributed by atoms with Crippen LogP contribution in [0.1, 0.15) is 65.5 Å². The molecule has 2 bridgehead atoms. The fourth-order valence-corrected chi connectivity index (χ4v) is 7.64. The van der Waals surface area contributed by atoms with Gasteiger partial charge in [-0.3, -0.25) is 33.6 Å². The van der Waals surface area contributed by atoms with Crippen molar-refractivity contribution in [1.82, 2.24) is 36.4 Å². The quantitative estimate of drug-likeness (QED) is 0.108. The molecule has 0 unspecified atom stereocenters. The number of aliphatic hydroxyl groups excluding tert-OH is 2. The monoisotopic (exact) mass is 905 g/mol. The summed E-state index contributed by atoms with van der Waals surface area (Å²) in [4.78, 5) is 115. The number of rotatable bonds is 12. The average Bonchev–Trinajstić information content (AvgIpc) is 3.27. The summed E-state index contributed by atoms with van der Waals surface area (Å²) < 4.78 is 10.8. The number of carbonyl (C=O) groups excluding carboxylic acids is 8. The Bertz CT molecular complexity index is 2050. The number of likely N-dealkylation sites (N-methyl/N-ethyl adjacent to an activating group) is 1. The Kier molecular flexibility index (Phi) is 18.7. The van der Waals surface area contributed by atoms with Gasteiger partial charge in [0.2, 0.25) is 23.6 Å². The maximum Gasteiger partial charge on any atom is 0.329 e. The highest BCUT2D eigenvalue weighted by molar-refractivity contribution is 6.02. The van der Waals surface area contributed by atoms with Crippen LogP contribution < -0.4 is 26.6 Å². The molecule has 0 aromatic heterocycles. The number of nitrogens with one attached hydrogen (secondary N) is 5. The van der Waals surface area contributed by atoms with Crippen LogP contribution in [-0.4, -0.2) is 143 Å². The van der Waals surface area contributed by atoms with Crippen LogP contribution >= 0.6 is 0 Å². The number of methoxy groups -OCH3 is 1. The average molecular weight is 906 g/mol. The van der Waals surface area contributed by atoms with Crippen LogP contribution in [0.25, 0.3) is 0 Å². The van der Waals surface area contributed by atoms with Crippen molar-refractivity contribution in [1.29, 1.82) is 0 Å². The molecule has 19 heteroatoms. The molecule has 2 saturated heterocycles. The van der Waals surface area contributed by atoms with Crippen LogP contribution in [0.5, 0.6) is 0 Å². The molecule has 9 atom stereocenters. The zero-order valence-electron chi connectivity index (χ0n) is 38.1. The van der Waals surface area contributed by atoms with Gasteiger partial charge in [-0.15, -0.1) is 0 Å². The lowest BCUT2D eigenvalue weighted by atomic mass is 9.95. The van der Waals surface area contributed by atoms with Crippen molar-refractivity contribution in [2.24, 2.45) is 11.8 Å². The molecule has 65 heavy (non-hydrogen) atoms. The topological polar surface area (TPSA) is 262 Å². The van der Waals surface area contributed by atoms with Gasteiger partial charge in [-0.1, -0.05) is 94.4 Å². The number of hydrogen-bond acceptors (Lipinski definition) is 12. The summed E-state index contributed by atoms with van der Waals surface area (Å²) in [5, 5.41) is 33.9. The van der Waals surface area contributed by atoms with Gasteiger partial charge in [-0.25, -0.2) is 4.79 Å². The first-order chi connectivity index (χ1) is 30.8. The van der Waals surface area contributed by atoms with Crippen LogP contribution in [0.2, 0.25) is 0 Å². The predicted molar refractivity (Wildman–Crippen MR) is 235 cm³/mol. The highest BCUT2D eigenvalue weighted by Crippen LogP contribution is 2.25. The van der Waals surface area contributed by atoms with Gasteiger partial charge >= 0.3 is 5.97 Å². The highest BCUT2D eigenvalue weighted by Gasteiger charge is 2.45. The molecule has 4 rings (SSSR count). The third-order valence-corrected chi connectivity index (χ3v) is 11.5. The molecule has 7 N–H and O–H groups in total. The minimum Gasteiger partial charge on any atom is -0.458 e. The fourth-order valence-electron chi connectivity index (χ4n) is 7.64. The number of piperidine rings is 1. The van der Waals surface area contributed by atoms with E-state index in [1.165, 1.54) is 39.0 Å². The third-order valence-electron chi connectivity index (χ3n) is 11.5. The standard InChI is InChI=1S/C46H63N7O12/c1-9-30-39(56)48-31-20-21-35(55)53(44(31)61)33(23-29-18-14-11-15-19-29)45(62)52(7)32(22-28-16-12-10-13-17-28)40(57)50-37(26(4)5)46(63)65-27(6)38(43(60)47-30)51-42(59)36(25(2)3)49-41(58)34(24-54)64-8/h9-19,25-27,31-38,54-55H,20-24H2,1-8H3,(H,47,60)(H,48,56)(H,49,58)(H,50,57)(H,51,59)/t27-,31-,32-,33+,34-,35-,36-,37+,38-/m0/s1. The van der Waals surface area contributed by atoms with Gasteiger partial charge < -0.3 is 56.1 Å². The molecule has 2 aliphatic heterocycles. The predicted octanol–water partition coefficient (Wildman–Crippen LogP) is -0.168. The summed E-state index contributed by atoms with van der Waals surface area (Å²) in [6.07, 6.45) is -3.22. The van der Waals surface area contributed by atoms with Crippen LogP contribution in [0.3, 0.4) is 0 Å². The zero-order chi connectivity index (χ0) is 48.1. The van der Waals surface area contributed by atoms with Crippen LogP contribution in [0.4, 0.5) is 0 Å². The molecule has 0 aliphatic carbocycles. The Balaban J connectivity index is 1.84. The number of fused-ring (bicyclic) bond motifs is 2. The molecule has 0 saturated carbocycles. The van der Waals surface area contributed by atoms with Gasteiger partial charge in [-0.05, 0) is 49.7 Å². The van der Waals surface area contributed by atoms with Crippen molar-refractivity contribution in [3.63, 3.8) is 0 Å². The number of esters is 1. The van der Waals surface area contributed by atoms with Crippen molar-refractivity contribution >= 4 is 47.3 Å². The Morgan fingerprint density at radius 3 is 1.97 bits per heavy atom. The molecule has 7 amide bonds. The van der Waals surface area contributed by atoms with Crippen LogP contribution in [0.15, 0.2) is 72.4 Å². The van der Waals surface area contributed by atoms with E-state index in [9.17, 15) is 48.6 Å². The van der Waals surface area contributed by atoms with E-state index in [-0.39, 0.29) is 31.4 Å². The second kappa shape index (κ2) is 23.7. The lowest BCUT2D eigenvalue weighted by molar-refractivity contribution is -0.165. The van der Waals surface area contributed by atoms with E-state index in [0.717, 1.165) is 4.90 Å². The molecule has 2 fully saturated rings. The lowest BCUT2D eigenvalue weighted by Gasteiger charge is -2.43. The lowest BCUT2D eigenvalue weighted by Crippen LogP contribution is -2.64. The van der Waals surface area contributed by atoms with Crippen molar-refractivity contribution in [2.45, 2.75) is 122 Å². The van der Waals surface area contributed by atoms with Crippen LogP contribution in [0, 0.1) is 11.8 Å². The van der Waals surface area contributed by atoms with Crippen LogP contribution in [-0.2, 0) is 60.7 Å². The summed E-state index contributed by atoms with van der Waals surface area (Å²) in [5.74, 6) is -8.13. The van der Waals surface area contributed by atoms with Crippen molar-refractivity contribution < 1.29 is 58.0 Å². The number of hydrogen-bond donors (Lipinski definition) is 7. The Morgan fingerprint density at radius 1 is 0.862 bits per heavy atom. The van der Waals surface area contributed by atoms with E-state index in [1.807, 2.05) is 0 Å². The second-order valence-corrected chi connectivity index (χ2v) is 16.9. The number of ether oxygens (including phenoxy) is 2. The van der Waals surface area contributed by atoms with Gasteiger partial charge in [0.05, 0.1) is 6.61 Å². The summed E-state index contributed by atoms with van der Waals surface area (Å²) >= 11 is 0. The number of aliphatic hydroxyl groups is 2. The molecule has 0 spiro atoms. The largest absolute Gasteiger partial charge is 0.458 e. The minimum absolute atomic E-state index is 0.0319. The van der Waals surface area contributed by atoms with E-state index in [1.54, 1.807) is 88.4 Å². The first kappa shape index (κ1) is 51.5. The van der Waals surface area contributed by atoms with Gasteiger partial charge in [0, 0.05) is 27.0 Å². The Labute approximate surface area is 379 Å². The normalized spacial score (nSPS) is 25.7. The summed E-state index contributed by atoms with van der Waals surface area (Å²) in [6.45, 7) is 8.58. The van der Waals surface area contributed by atoms with E-state index in [0.29, 0.717) is 11.1 Å². The number of cyclic esters (lactones) is 1. The van der Waals surface area contributed by atoms with Gasteiger partial charge in [0.15, 0.2) is 6.10 Å². The molecule has 19 nitrogen and oxygen atoms in total. The molecule has 2 heterocycles. The molecule has 354 valence electrons. The minimum atomic E-state index is -1.73. The van der Waals surface area contributed by atoms with Gasteiger partial charge in [-0.2, -0.15) is 0 Å². The summed E-state index contributed by atoms with van der Waals surface area (Å²) in [5.41, 5.74) is 0.939. The first-order valence-corrected chi connectivity index (χ1v) is 21.7. The SMILES string of the molecule is CC=C1NC(=O)[C@@H](NC(=O)[C@@H](NC(=O)[C@H](CO)OC)C(C)C)[C@H](C)OC(=O)[C@@H](C(C)C)NC(=O)[C@H](Cc2ccccc2)N(C)C(=O)[C@@H](Cc2ccccc2)N2C(=O)[C@H](CC[C@@H]2O)NC1=O. The first-order valence-electron chi connectivity index (χ1n) is 21.7. The second-order valence-electron chi connectivity index (χ2n) is 16.9. The van der Waals surface area contributed by atoms with E-state index < -0.39 is 120 Å².